The fourth-order valence-corrected chi connectivity index (χ4v) is 1.71. The topological polar surface area (TPSA) is 31.2 Å². The molecule has 0 aliphatic carbocycles. The van der Waals surface area contributed by atoms with Crippen molar-refractivity contribution < 1.29 is 9.53 Å². The summed E-state index contributed by atoms with van der Waals surface area (Å²) >= 11 is 0. The Balaban J connectivity index is 2.23. The molecule has 0 bridgehead atoms. The van der Waals surface area contributed by atoms with Crippen LogP contribution in [0.2, 0.25) is 0 Å². The van der Waals surface area contributed by atoms with Gasteiger partial charge >= 0.3 is 0 Å². The molecule has 0 radical (unpaired) electrons. The van der Waals surface area contributed by atoms with Crippen LogP contribution in [0, 0.1) is 0 Å². The van der Waals surface area contributed by atoms with Crippen LogP contribution in [-0.2, 0) is 17.9 Å². The van der Waals surface area contributed by atoms with Crippen molar-refractivity contribution in [2.24, 2.45) is 0 Å². The number of ether oxygens (including phenoxy) is 1. The van der Waals surface area contributed by atoms with E-state index in [0.717, 1.165) is 17.8 Å². The SMILES string of the molecule is CCOCc1ccn2c1C(=O)CC2. The minimum absolute atomic E-state index is 0.250. The van der Waals surface area contributed by atoms with Crippen LogP contribution < -0.4 is 0 Å². The van der Waals surface area contributed by atoms with E-state index in [2.05, 4.69) is 0 Å². The van der Waals surface area contributed by atoms with Crippen LogP contribution in [-0.4, -0.2) is 17.0 Å². The minimum atomic E-state index is 0.250. The number of fused-ring (bicyclic) bond motifs is 1. The smallest absolute Gasteiger partial charge is 0.181 e. The maximum absolute atomic E-state index is 11.4. The number of hydrogen-bond donors (Lipinski definition) is 0. The molecule has 1 aliphatic rings. The summed E-state index contributed by atoms with van der Waals surface area (Å²) in [6.45, 7) is 4.04. The second-order valence-electron chi connectivity index (χ2n) is 3.19. The number of aromatic nitrogens is 1. The Morgan fingerprint density at radius 1 is 1.62 bits per heavy atom. The number of aryl methyl sites for hydroxylation is 1. The van der Waals surface area contributed by atoms with E-state index < -0.39 is 0 Å². The highest BCUT2D eigenvalue weighted by molar-refractivity contribution is 5.97. The number of Topliss-reactive ketones (excluding diaryl/α,β-unsaturated/α-hetero) is 1. The van der Waals surface area contributed by atoms with Crippen LogP contribution >= 0.6 is 0 Å². The average molecular weight is 179 g/mol. The molecule has 1 aromatic heterocycles. The predicted octanol–water partition coefficient (Wildman–Crippen LogP) is 1.61. The summed E-state index contributed by atoms with van der Waals surface area (Å²) in [6.07, 6.45) is 2.61. The summed E-state index contributed by atoms with van der Waals surface area (Å²) in [7, 11) is 0. The number of nitrogens with zero attached hydrogens (tertiary/aromatic N) is 1. The molecule has 0 saturated heterocycles. The molecule has 0 unspecified atom stereocenters. The monoisotopic (exact) mass is 179 g/mol. The minimum Gasteiger partial charge on any atom is -0.377 e. The van der Waals surface area contributed by atoms with E-state index in [0.29, 0.717) is 19.6 Å². The lowest BCUT2D eigenvalue weighted by atomic mass is 10.2. The van der Waals surface area contributed by atoms with Crippen LogP contribution in [0.25, 0.3) is 0 Å². The van der Waals surface area contributed by atoms with E-state index >= 15 is 0 Å². The van der Waals surface area contributed by atoms with Gasteiger partial charge in [0.1, 0.15) is 0 Å². The summed E-state index contributed by atoms with van der Waals surface area (Å²) in [4.78, 5) is 11.4. The number of carbonyl (C=O) groups excluding carboxylic acids is 1. The summed E-state index contributed by atoms with van der Waals surface area (Å²) in [6, 6.07) is 1.97. The third kappa shape index (κ3) is 1.40. The Morgan fingerprint density at radius 3 is 3.23 bits per heavy atom. The van der Waals surface area contributed by atoms with Crippen LogP contribution in [0.4, 0.5) is 0 Å². The lowest BCUT2D eigenvalue weighted by molar-refractivity contribution is 0.0985. The molecule has 70 valence electrons. The molecule has 0 saturated carbocycles. The first-order chi connectivity index (χ1) is 6.33. The molecule has 0 fully saturated rings. The molecule has 3 nitrogen and oxygen atoms in total. The Bertz CT molecular complexity index is 328. The highest BCUT2D eigenvalue weighted by atomic mass is 16.5. The van der Waals surface area contributed by atoms with E-state index in [1.165, 1.54) is 0 Å². The average Bonchev–Trinajstić information content (AvgIpc) is 2.67. The maximum Gasteiger partial charge on any atom is 0.181 e. The van der Waals surface area contributed by atoms with Gasteiger partial charge in [0.05, 0.1) is 12.3 Å². The van der Waals surface area contributed by atoms with E-state index in [1.54, 1.807) is 0 Å². The quantitative estimate of drug-likeness (QED) is 0.705. The van der Waals surface area contributed by atoms with E-state index in [9.17, 15) is 4.79 Å². The highest BCUT2D eigenvalue weighted by Gasteiger charge is 2.22. The van der Waals surface area contributed by atoms with Crippen molar-refractivity contribution in [2.75, 3.05) is 6.61 Å². The molecule has 1 aliphatic heterocycles. The van der Waals surface area contributed by atoms with Crippen molar-refractivity contribution >= 4 is 5.78 Å². The van der Waals surface area contributed by atoms with E-state index in [4.69, 9.17) is 4.74 Å². The molecule has 0 amide bonds. The molecule has 0 atom stereocenters. The molecule has 3 heteroatoms. The van der Waals surface area contributed by atoms with Crippen molar-refractivity contribution in [3.63, 3.8) is 0 Å². The fourth-order valence-electron chi connectivity index (χ4n) is 1.71. The van der Waals surface area contributed by atoms with E-state index in [-0.39, 0.29) is 5.78 Å². The van der Waals surface area contributed by atoms with Crippen molar-refractivity contribution in [3.05, 3.63) is 23.5 Å². The Labute approximate surface area is 77.3 Å². The molecule has 2 rings (SSSR count). The second-order valence-corrected chi connectivity index (χ2v) is 3.19. The first-order valence-electron chi connectivity index (χ1n) is 4.62. The zero-order valence-electron chi connectivity index (χ0n) is 7.75. The maximum atomic E-state index is 11.4. The second kappa shape index (κ2) is 3.34. The van der Waals surface area contributed by atoms with Crippen molar-refractivity contribution in [1.82, 2.24) is 4.57 Å². The Kier molecular flexibility index (Phi) is 2.19. The van der Waals surface area contributed by atoms with Crippen molar-refractivity contribution in [3.8, 4) is 0 Å². The van der Waals surface area contributed by atoms with Crippen molar-refractivity contribution in [2.45, 2.75) is 26.5 Å². The molecule has 1 aromatic rings. The molecular weight excluding hydrogens is 166 g/mol. The first-order valence-corrected chi connectivity index (χ1v) is 4.62. The lowest BCUT2D eigenvalue weighted by Crippen LogP contribution is -2.00. The first kappa shape index (κ1) is 8.51. The number of carbonyl (C=O) groups is 1. The van der Waals surface area contributed by atoms with Crippen molar-refractivity contribution in [1.29, 1.82) is 0 Å². The summed E-state index contributed by atoms with van der Waals surface area (Å²) in [5.41, 5.74) is 1.89. The summed E-state index contributed by atoms with van der Waals surface area (Å²) in [5, 5.41) is 0. The van der Waals surface area contributed by atoms with Gasteiger partial charge < -0.3 is 9.30 Å². The summed E-state index contributed by atoms with van der Waals surface area (Å²) < 4.78 is 7.30. The van der Waals surface area contributed by atoms with Gasteiger partial charge in [-0.25, -0.2) is 0 Å². The van der Waals surface area contributed by atoms with Gasteiger partial charge in [-0.1, -0.05) is 0 Å². The normalized spacial score (nSPS) is 15.0. The zero-order valence-corrected chi connectivity index (χ0v) is 7.75. The third-order valence-electron chi connectivity index (χ3n) is 2.35. The van der Waals surface area contributed by atoms with Crippen LogP contribution in [0.5, 0.6) is 0 Å². The fraction of sp³-hybridized carbons (Fsp3) is 0.500. The molecule has 0 aromatic carbocycles. The van der Waals surface area contributed by atoms with Gasteiger partial charge in [-0.3, -0.25) is 4.79 Å². The molecular formula is C10H13NO2. The molecule has 0 N–H and O–H groups in total. The van der Waals surface area contributed by atoms with Gasteiger partial charge in [0.25, 0.3) is 0 Å². The molecule has 13 heavy (non-hydrogen) atoms. The Morgan fingerprint density at radius 2 is 2.46 bits per heavy atom. The summed E-state index contributed by atoms with van der Waals surface area (Å²) in [5.74, 6) is 0.250. The largest absolute Gasteiger partial charge is 0.377 e. The van der Waals surface area contributed by atoms with Crippen LogP contribution in [0.1, 0.15) is 29.4 Å². The molecule has 2 heterocycles. The predicted molar refractivity (Wildman–Crippen MR) is 48.7 cm³/mol. The van der Waals surface area contributed by atoms with E-state index in [1.807, 2.05) is 23.8 Å². The zero-order chi connectivity index (χ0) is 9.26. The standard InChI is InChI=1S/C10H13NO2/c1-2-13-7-8-3-5-11-6-4-9(12)10(8)11/h3,5H,2,4,6-7H2,1H3. The van der Waals surface area contributed by atoms with Gasteiger partial charge in [0.15, 0.2) is 5.78 Å². The lowest BCUT2D eigenvalue weighted by Gasteiger charge is -2.00. The number of hydrogen-bond acceptors (Lipinski definition) is 2. The van der Waals surface area contributed by atoms with Gasteiger partial charge in [-0.15, -0.1) is 0 Å². The third-order valence-corrected chi connectivity index (χ3v) is 2.35. The van der Waals surface area contributed by atoms with Gasteiger partial charge in [0, 0.05) is 31.3 Å². The number of ketones is 1. The van der Waals surface area contributed by atoms with Gasteiger partial charge in [0.2, 0.25) is 0 Å². The Hall–Kier alpha value is -1.09. The van der Waals surface area contributed by atoms with Gasteiger partial charge in [-0.2, -0.15) is 0 Å². The van der Waals surface area contributed by atoms with Gasteiger partial charge in [-0.05, 0) is 13.0 Å². The highest BCUT2D eigenvalue weighted by Crippen LogP contribution is 2.20. The number of rotatable bonds is 3. The van der Waals surface area contributed by atoms with Crippen LogP contribution in [0.3, 0.4) is 0 Å². The van der Waals surface area contributed by atoms with Crippen LogP contribution in [0.15, 0.2) is 12.3 Å². The molecule has 0 spiro atoms.